The molecule has 154 valence electrons. The Labute approximate surface area is 154 Å². The molecule has 28 heavy (non-hydrogen) atoms. The molecule has 0 aliphatic carbocycles. The van der Waals surface area contributed by atoms with E-state index < -0.39 is 45.0 Å². The minimum absolute atomic E-state index is 0.136. The predicted octanol–water partition coefficient (Wildman–Crippen LogP) is 4.25. The highest BCUT2D eigenvalue weighted by molar-refractivity contribution is 7.92. The van der Waals surface area contributed by atoms with Crippen LogP contribution in [0.4, 0.5) is 36.4 Å². The summed E-state index contributed by atoms with van der Waals surface area (Å²) in [5, 5.41) is 9.25. The van der Waals surface area contributed by atoms with Crippen molar-refractivity contribution < 1.29 is 44.3 Å². The van der Waals surface area contributed by atoms with Crippen LogP contribution in [0.5, 0.6) is 0 Å². The second-order valence-electron chi connectivity index (χ2n) is 5.82. The molecule has 2 aromatic carbocycles. The van der Waals surface area contributed by atoms with Crippen LogP contribution < -0.4 is 4.72 Å². The number of anilines is 1. The molecule has 0 spiro atoms. The van der Waals surface area contributed by atoms with E-state index in [0.29, 0.717) is 11.6 Å². The van der Waals surface area contributed by atoms with E-state index >= 15 is 0 Å². The van der Waals surface area contributed by atoms with Crippen molar-refractivity contribution >= 4 is 15.7 Å². The quantitative estimate of drug-likeness (QED) is 0.712. The van der Waals surface area contributed by atoms with Crippen molar-refractivity contribution in [2.24, 2.45) is 0 Å². The van der Waals surface area contributed by atoms with Gasteiger partial charge in [0.15, 0.2) is 0 Å². The molecule has 0 amide bonds. The predicted molar refractivity (Wildman–Crippen MR) is 84.4 cm³/mol. The van der Waals surface area contributed by atoms with Crippen molar-refractivity contribution in [2.75, 3.05) is 4.72 Å². The summed E-state index contributed by atoms with van der Waals surface area (Å²) in [5.74, 6) is -1.74. The van der Waals surface area contributed by atoms with Crippen LogP contribution in [-0.4, -0.2) is 25.9 Å². The van der Waals surface area contributed by atoms with Gasteiger partial charge in [-0.2, -0.15) is 26.3 Å². The van der Waals surface area contributed by atoms with Crippen LogP contribution in [0, 0.1) is 12.7 Å². The molecular formula is C16H12F7NO3S. The molecule has 4 nitrogen and oxygen atoms in total. The lowest BCUT2D eigenvalue weighted by Gasteiger charge is -2.32. The maximum absolute atomic E-state index is 14.1. The highest BCUT2D eigenvalue weighted by Gasteiger charge is 2.71. The fraction of sp³-hybridized carbons (Fsp3) is 0.250. The molecule has 0 saturated carbocycles. The number of hydrogen-bond acceptors (Lipinski definition) is 3. The summed E-state index contributed by atoms with van der Waals surface area (Å²) in [4.78, 5) is -0.302. The third-order valence-corrected chi connectivity index (χ3v) is 5.16. The topological polar surface area (TPSA) is 66.4 Å². The number of alkyl halides is 6. The van der Waals surface area contributed by atoms with Crippen LogP contribution in [0.3, 0.4) is 0 Å². The fourth-order valence-electron chi connectivity index (χ4n) is 2.23. The zero-order valence-electron chi connectivity index (χ0n) is 13.9. The number of nitrogens with one attached hydrogen (secondary N) is 1. The summed E-state index contributed by atoms with van der Waals surface area (Å²) in [6.07, 6.45) is -12.4. The largest absolute Gasteiger partial charge is 0.430 e. The summed E-state index contributed by atoms with van der Waals surface area (Å²) in [5.41, 5.74) is -7.35. The summed E-state index contributed by atoms with van der Waals surface area (Å²) >= 11 is 0. The standard InChI is InChI=1S/C16H12F7NO3S/c1-9-2-5-11(6-3-9)28(26,27)24-13-7-4-10(8-12(13)17)14(25,15(18,19)20)16(21,22)23/h2-8,24-25H,1H3. The van der Waals surface area contributed by atoms with Crippen LogP contribution in [0.1, 0.15) is 11.1 Å². The van der Waals surface area contributed by atoms with Crippen LogP contribution in [0.15, 0.2) is 47.4 Å². The van der Waals surface area contributed by atoms with E-state index in [1.54, 1.807) is 11.6 Å². The van der Waals surface area contributed by atoms with Crippen molar-refractivity contribution in [1.82, 2.24) is 0 Å². The Balaban J connectivity index is 2.46. The lowest BCUT2D eigenvalue weighted by atomic mass is 9.92. The van der Waals surface area contributed by atoms with Gasteiger partial charge in [0.2, 0.25) is 0 Å². The van der Waals surface area contributed by atoms with Crippen LogP contribution in [0.25, 0.3) is 0 Å². The normalized spacial score (nSPS) is 13.5. The third kappa shape index (κ3) is 3.92. The molecule has 0 saturated heterocycles. The minimum Gasteiger partial charge on any atom is -0.369 e. The zero-order valence-corrected chi connectivity index (χ0v) is 14.7. The molecule has 0 aromatic heterocycles. The molecule has 0 unspecified atom stereocenters. The van der Waals surface area contributed by atoms with E-state index in [0.717, 1.165) is 0 Å². The van der Waals surface area contributed by atoms with Gasteiger partial charge in [0.05, 0.1) is 10.6 Å². The maximum atomic E-state index is 14.1. The van der Waals surface area contributed by atoms with Crippen molar-refractivity contribution in [2.45, 2.75) is 29.8 Å². The van der Waals surface area contributed by atoms with Crippen LogP contribution in [0.2, 0.25) is 0 Å². The molecule has 0 bridgehead atoms. The Kier molecular flexibility index (Phi) is 5.43. The van der Waals surface area contributed by atoms with Gasteiger partial charge in [-0.15, -0.1) is 0 Å². The van der Waals surface area contributed by atoms with Crippen molar-refractivity contribution in [1.29, 1.82) is 0 Å². The Morgan fingerprint density at radius 2 is 1.39 bits per heavy atom. The highest BCUT2D eigenvalue weighted by atomic mass is 32.2. The second kappa shape index (κ2) is 6.92. The van der Waals surface area contributed by atoms with E-state index in [1.807, 2.05) is 0 Å². The van der Waals surface area contributed by atoms with Gasteiger partial charge in [0, 0.05) is 5.56 Å². The number of aliphatic hydroxyl groups is 1. The Bertz CT molecular complexity index is 953. The number of benzene rings is 2. The molecule has 12 heteroatoms. The number of sulfonamides is 1. The number of aryl methyl sites for hydroxylation is 1. The summed E-state index contributed by atoms with van der Waals surface area (Å²) in [6.45, 7) is 1.67. The van der Waals surface area contributed by atoms with E-state index in [4.69, 9.17) is 0 Å². The van der Waals surface area contributed by atoms with Gasteiger partial charge < -0.3 is 5.11 Å². The van der Waals surface area contributed by atoms with Gasteiger partial charge in [-0.25, -0.2) is 12.8 Å². The van der Waals surface area contributed by atoms with Gasteiger partial charge in [-0.1, -0.05) is 23.8 Å². The summed E-state index contributed by atoms with van der Waals surface area (Å²) < 4.78 is 117. The number of halogens is 7. The highest BCUT2D eigenvalue weighted by Crippen LogP contribution is 2.50. The van der Waals surface area contributed by atoms with Crippen molar-refractivity contribution in [3.63, 3.8) is 0 Å². The first-order valence-electron chi connectivity index (χ1n) is 7.35. The molecule has 0 aliphatic rings. The fourth-order valence-corrected chi connectivity index (χ4v) is 3.30. The molecule has 0 aliphatic heterocycles. The van der Waals surface area contributed by atoms with Gasteiger partial charge in [0.25, 0.3) is 15.6 Å². The molecule has 2 N–H and O–H groups in total. The average molecular weight is 431 g/mol. The van der Waals surface area contributed by atoms with E-state index in [-0.39, 0.29) is 17.0 Å². The monoisotopic (exact) mass is 431 g/mol. The van der Waals surface area contributed by atoms with Crippen LogP contribution >= 0.6 is 0 Å². The summed E-state index contributed by atoms with van der Waals surface area (Å²) in [6, 6.07) is 5.48. The van der Waals surface area contributed by atoms with Gasteiger partial charge in [-0.05, 0) is 31.2 Å². The third-order valence-electron chi connectivity index (χ3n) is 3.78. The van der Waals surface area contributed by atoms with E-state index in [9.17, 15) is 44.3 Å². The molecule has 2 rings (SSSR count). The molecule has 0 radical (unpaired) electrons. The first-order valence-corrected chi connectivity index (χ1v) is 8.83. The SMILES string of the molecule is Cc1ccc(S(=O)(=O)Nc2ccc(C(O)(C(F)(F)F)C(F)(F)F)cc2F)cc1. The number of hydrogen-bond donors (Lipinski definition) is 2. The van der Waals surface area contributed by atoms with Crippen LogP contribution in [-0.2, 0) is 15.6 Å². The van der Waals surface area contributed by atoms with Gasteiger partial charge in [0.1, 0.15) is 5.82 Å². The van der Waals surface area contributed by atoms with Crippen molar-refractivity contribution in [3.8, 4) is 0 Å². The molecule has 0 fully saturated rings. The second-order valence-corrected chi connectivity index (χ2v) is 7.50. The molecule has 2 aromatic rings. The molecule has 0 heterocycles. The minimum atomic E-state index is -6.19. The maximum Gasteiger partial charge on any atom is 0.430 e. The molecular weight excluding hydrogens is 419 g/mol. The Hall–Kier alpha value is -2.34. The smallest absolute Gasteiger partial charge is 0.369 e. The van der Waals surface area contributed by atoms with Crippen molar-refractivity contribution in [3.05, 3.63) is 59.4 Å². The lowest BCUT2D eigenvalue weighted by molar-refractivity contribution is -0.376. The van der Waals surface area contributed by atoms with Gasteiger partial charge >= 0.3 is 12.4 Å². The first-order chi connectivity index (χ1) is 12.6. The summed E-state index contributed by atoms with van der Waals surface area (Å²) in [7, 11) is -4.35. The molecule has 0 atom stereocenters. The van der Waals surface area contributed by atoms with Gasteiger partial charge in [-0.3, -0.25) is 4.72 Å². The average Bonchev–Trinajstić information content (AvgIpc) is 2.54. The first kappa shape index (κ1) is 22.0. The Morgan fingerprint density at radius 1 is 0.893 bits per heavy atom. The number of rotatable bonds is 4. The Morgan fingerprint density at radius 3 is 1.82 bits per heavy atom. The zero-order chi connectivity index (χ0) is 21.5. The lowest BCUT2D eigenvalue weighted by Crippen LogP contribution is -2.54. The van der Waals surface area contributed by atoms with E-state index in [1.165, 1.54) is 24.3 Å². The van der Waals surface area contributed by atoms with E-state index in [2.05, 4.69) is 0 Å².